The van der Waals surface area contributed by atoms with Crippen LogP contribution in [0.1, 0.15) is 5.56 Å². The molecule has 0 aromatic carbocycles. The van der Waals surface area contributed by atoms with Crippen LogP contribution in [-0.4, -0.2) is 9.97 Å². The Morgan fingerprint density at radius 1 is 1.78 bits per heavy atom. The van der Waals surface area contributed by atoms with Gasteiger partial charge in [0.05, 0.1) is 11.9 Å². The van der Waals surface area contributed by atoms with E-state index in [9.17, 15) is 4.79 Å². The van der Waals surface area contributed by atoms with Gasteiger partial charge in [0.25, 0.3) is 5.56 Å². The molecule has 3 nitrogen and oxygen atoms in total. The summed E-state index contributed by atoms with van der Waals surface area (Å²) in [6.45, 7) is 3.43. The zero-order valence-corrected chi connectivity index (χ0v) is 4.79. The average Bonchev–Trinajstić information content (AvgIpc) is 1.89. The SMILES string of the molecule is C=Cc1cnc[nH]c1=O. The molecule has 1 heterocycles. The van der Waals surface area contributed by atoms with Gasteiger partial charge in [-0.05, 0) is 0 Å². The summed E-state index contributed by atoms with van der Waals surface area (Å²) in [5, 5.41) is 0. The molecule has 1 aromatic heterocycles. The summed E-state index contributed by atoms with van der Waals surface area (Å²) < 4.78 is 0. The molecular weight excluding hydrogens is 116 g/mol. The van der Waals surface area contributed by atoms with E-state index in [1.54, 1.807) is 0 Å². The third kappa shape index (κ3) is 1.05. The number of H-pyrrole nitrogens is 1. The predicted molar refractivity (Wildman–Crippen MR) is 34.9 cm³/mol. The number of nitrogens with zero attached hydrogens (tertiary/aromatic N) is 1. The second-order valence-corrected chi connectivity index (χ2v) is 1.54. The van der Waals surface area contributed by atoms with Gasteiger partial charge in [-0.15, -0.1) is 0 Å². The quantitative estimate of drug-likeness (QED) is 0.586. The van der Waals surface area contributed by atoms with Gasteiger partial charge in [-0.3, -0.25) is 4.79 Å². The molecule has 0 aliphatic heterocycles. The lowest BCUT2D eigenvalue weighted by atomic mass is 10.3. The molecule has 0 aliphatic carbocycles. The van der Waals surface area contributed by atoms with Gasteiger partial charge < -0.3 is 4.98 Å². The monoisotopic (exact) mass is 122 g/mol. The molecule has 9 heavy (non-hydrogen) atoms. The molecule has 0 saturated heterocycles. The highest BCUT2D eigenvalue weighted by Gasteiger charge is 1.88. The van der Waals surface area contributed by atoms with Crippen molar-refractivity contribution in [1.29, 1.82) is 0 Å². The van der Waals surface area contributed by atoms with Gasteiger partial charge in [-0.1, -0.05) is 12.7 Å². The van der Waals surface area contributed by atoms with Crippen molar-refractivity contribution in [2.75, 3.05) is 0 Å². The minimum Gasteiger partial charge on any atom is -0.313 e. The van der Waals surface area contributed by atoms with Crippen LogP contribution in [0, 0.1) is 0 Å². The average molecular weight is 122 g/mol. The smallest absolute Gasteiger partial charge is 0.257 e. The number of rotatable bonds is 1. The van der Waals surface area contributed by atoms with Gasteiger partial charge >= 0.3 is 0 Å². The molecule has 3 heteroatoms. The second-order valence-electron chi connectivity index (χ2n) is 1.54. The van der Waals surface area contributed by atoms with Crippen LogP contribution in [0.4, 0.5) is 0 Å². The van der Waals surface area contributed by atoms with Crippen molar-refractivity contribution >= 4 is 6.08 Å². The Morgan fingerprint density at radius 2 is 2.56 bits per heavy atom. The summed E-state index contributed by atoms with van der Waals surface area (Å²) in [7, 11) is 0. The van der Waals surface area contributed by atoms with E-state index >= 15 is 0 Å². The summed E-state index contributed by atoms with van der Waals surface area (Å²) in [5.41, 5.74) is 0.345. The normalized spacial score (nSPS) is 8.89. The Morgan fingerprint density at radius 3 is 3.00 bits per heavy atom. The third-order valence-corrected chi connectivity index (χ3v) is 0.966. The molecule has 0 saturated carbocycles. The lowest BCUT2D eigenvalue weighted by molar-refractivity contribution is 1.11. The lowest BCUT2D eigenvalue weighted by Crippen LogP contribution is -2.07. The van der Waals surface area contributed by atoms with Crippen molar-refractivity contribution < 1.29 is 0 Å². The minimum atomic E-state index is -0.153. The molecule has 0 aliphatic rings. The summed E-state index contributed by atoms with van der Waals surface area (Å²) in [5.74, 6) is 0. The van der Waals surface area contributed by atoms with E-state index in [0.717, 1.165) is 0 Å². The van der Waals surface area contributed by atoms with Crippen LogP contribution < -0.4 is 5.56 Å². The van der Waals surface area contributed by atoms with Gasteiger partial charge in [0.1, 0.15) is 0 Å². The van der Waals surface area contributed by atoms with Crippen molar-refractivity contribution in [3.63, 3.8) is 0 Å². The van der Waals surface area contributed by atoms with Crippen molar-refractivity contribution in [2.45, 2.75) is 0 Å². The highest BCUT2D eigenvalue weighted by Crippen LogP contribution is 1.84. The number of aromatic amines is 1. The summed E-state index contributed by atoms with van der Waals surface area (Å²) in [4.78, 5) is 16.8. The molecule has 1 rings (SSSR count). The summed E-state index contributed by atoms with van der Waals surface area (Å²) in [6, 6.07) is 0. The Kier molecular flexibility index (Phi) is 1.44. The fourth-order valence-corrected chi connectivity index (χ4v) is 0.501. The molecule has 0 radical (unpaired) electrons. The zero-order valence-electron chi connectivity index (χ0n) is 4.79. The maximum Gasteiger partial charge on any atom is 0.257 e. The fraction of sp³-hybridized carbons (Fsp3) is 0. The van der Waals surface area contributed by atoms with Gasteiger partial charge in [0, 0.05) is 6.20 Å². The molecule has 1 N–H and O–H groups in total. The fourth-order valence-electron chi connectivity index (χ4n) is 0.501. The van der Waals surface area contributed by atoms with Gasteiger partial charge in [0.15, 0.2) is 0 Å². The van der Waals surface area contributed by atoms with Gasteiger partial charge in [-0.2, -0.15) is 0 Å². The molecule has 0 amide bonds. The van der Waals surface area contributed by atoms with E-state index in [1.165, 1.54) is 18.6 Å². The van der Waals surface area contributed by atoms with E-state index in [2.05, 4.69) is 16.5 Å². The van der Waals surface area contributed by atoms with E-state index in [1.807, 2.05) is 0 Å². The topological polar surface area (TPSA) is 45.8 Å². The standard InChI is InChI=1S/C6H6N2O/c1-2-5-3-7-4-8-6(5)9/h2-4H,1H2,(H,7,8,9). The highest BCUT2D eigenvalue weighted by molar-refractivity contribution is 5.42. The maximum absolute atomic E-state index is 10.7. The first-order valence-corrected chi connectivity index (χ1v) is 2.49. The molecule has 1 aromatic rings. The van der Waals surface area contributed by atoms with E-state index in [4.69, 9.17) is 0 Å². The minimum absolute atomic E-state index is 0.153. The largest absolute Gasteiger partial charge is 0.313 e. The van der Waals surface area contributed by atoms with E-state index in [-0.39, 0.29) is 5.56 Å². The molecule has 0 fully saturated rings. The van der Waals surface area contributed by atoms with Crippen molar-refractivity contribution in [2.24, 2.45) is 0 Å². The molecule has 46 valence electrons. The van der Waals surface area contributed by atoms with E-state index < -0.39 is 0 Å². The highest BCUT2D eigenvalue weighted by atomic mass is 16.1. The van der Waals surface area contributed by atoms with E-state index in [0.29, 0.717) is 5.56 Å². The first-order valence-electron chi connectivity index (χ1n) is 2.49. The zero-order chi connectivity index (χ0) is 6.69. The van der Waals surface area contributed by atoms with Gasteiger partial charge in [-0.25, -0.2) is 4.98 Å². The second kappa shape index (κ2) is 2.26. The Balaban J connectivity index is 3.32. The first-order chi connectivity index (χ1) is 4.34. The number of hydrogen-bond acceptors (Lipinski definition) is 2. The maximum atomic E-state index is 10.7. The number of aromatic nitrogens is 2. The summed E-state index contributed by atoms with van der Waals surface area (Å²) >= 11 is 0. The first kappa shape index (κ1) is 5.75. The number of nitrogens with one attached hydrogen (secondary N) is 1. The summed E-state index contributed by atoms with van der Waals surface area (Å²) in [6.07, 6.45) is 4.27. The van der Waals surface area contributed by atoms with Gasteiger partial charge in [0.2, 0.25) is 0 Å². The van der Waals surface area contributed by atoms with Crippen LogP contribution in [0.2, 0.25) is 0 Å². The van der Waals surface area contributed by atoms with Crippen molar-refractivity contribution in [3.8, 4) is 0 Å². The Labute approximate surface area is 52.1 Å². The lowest BCUT2D eigenvalue weighted by Gasteiger charge is -1.85. The molecule has 0 atom stereocenters. The number of hydrogen-bond donors (Lipinski definition) is 1. The molecule has 0 spiro atoms. The van der Waals surface area contributed by atoms with Crippen molar-refractivity contribution in [1.82, 2.24) is 9.97 Å². The van der Waals surface area contributed by atoms with Crippen LogP contribution in [0.25, 0.3) is 6.08 Å². The van der Waals surface area contributed by atoms with Crippen molar-refractivity contribution in [3.05, 3.63) is 35.0 Å². The third-order valence-electron chi connectivity index (χ3n) is 0.966. The predicted octanol–water partition coefficient (Wildman–Crippen LogP) is 0.413. The van der Waals surface area contributed by atoms with Crippen LogP contribution in [0.5, 0.6) is 0 Å². The molecule has 0 unspecified atom stereocenters. The molecule has 0 bridgehead atoms. The molecular formula is C6H6N2O. The Bertz CT molecular complexity index is 264. The van der Waals surface area contributed by atoms with Crippen LogP contribution >= 0.6 is 0 Å². The van der Waals surface area contributed by atoms with Crippen LogP contribution in [0.15, 0.2) is 23.9 Å². The van der Waals surface area contributed by atoms with Crippen LogP contribution in [-0.2, 0) is 0 Å². The Hall–Kier alpha value is -1.38. The van der Waals surface area contributed by atoms with Crippen LogP contribution in [0.3, 0.4) is 0 Å².